The Morgan fingerprint density at radius 2 is 1.65 bits per heavy atom. The molecular weight excluding hydrogens is 215 g/mol. The number of benzene rings is 1. The Kier molecular flexibility index (Phi) is 4.08. The third-order valence-electron chi connectivity index (χ3n) is 3.29. The highest BCUT2D eigenvalue weighted by atomic mass is 19.1. The zero-order valence-corrected chi connectivity index (χ0v) is 9.92. The zero-order valence-electron chi connectivity index (χ0n) is 9.92. The van der Waals surface area contributed by atoms with Gasteiger partial charge in [0.15, 0.2) is 6.29 Å². The Bertz CT molecular complexity index is 425. The lowest BCUT2D eigenvalue weighted by Gasteiger charge is -2.04. The SMILES string of the molecule is O=Cc1cccc(C=C2CCCCCC2)c1F. The van der Waals surface area contributed by atoms with Crippen molar-refractivity contribution in [3.05, 3.63) is 40.7 Å². The van der Waals surface area contributed by atoms with Crippen molar-refractivity contribution < 1.29 is 9.18 Å². The standard InChI is InChI=1S/C15H17FO/c16-15-13(8-5-9-14(15)11-17)10-12-6-3-1-2-4-7-12/h5,8-11H,1-4,6-7H2. The summed E-state index contributed by atoms with van der Waals surface area (Å²) in [4.78, 5) is 10.7. The number of hydrogen-bond acceptors (Lipinski definition) is 1. The van der Waals surface area contributed by atoms with Gasteiger partial charge in [-0.1, -0.05) is 36.6 Å². The van der Waals surface area contributed by atoms with Crippen LogP contribution in [0.2, 0.25) is 0 Å². The summed E-state index contributed by atoms with van der Waals surface area (Å²) < 4.78 is 13.9. The highest BCUT2D eigenvalue weighted by Crippen LogP contribution is 2.25. The molecule has 0 unspecified atom stereocenters. The van der Waals surface area contributed by atoms with Gasteiger partial charge in [-0.2, -0.15) is 0 Å². The molecule has 0 saturated heterocycles. The molecule has 1 aliphatic carbocycles. The molecule has 0 radical (unpaired) electrons. The van der Waals surface area contributed by atoms with E-state index in [-0.39, 0.29) is 11.4 Å². The first-order chi connectivity index (χ1) is 8.31. The lowest BCUT2D eigenvalue weighted by atomic mass is 10.0. The fraction of sp³-hybridized carbons (Fsp3) is 0.400. The third-order valence-corrected chi connectivity index (χ3v) is 3.29. The molecule has 0 N–H and O–H groups in total. The van der Waals surface area contributed by atoms with E-state index in [1.165, 1.54) is 37.3 Å². The van der Waals surface area contributed by atoms with E-state index < -0.39 is 0 Å². The Morgan fingerprint density at radius 3 is 2.29 bits per heavy atom. The Hall–Kier alpha value is -1.44. The summed E-state index contributed by atoms with van der Waals surface area (Å²) in [7, 11) is 0. The molecule has 1 aromatic carbocycles. The molecule has 0 atom stereocenters. The number of rotatable bonds is 2. The molecule has 1 aromatic rings. The molecule has 2 rings (SSSR count). The Labute approximate surface area is 101 Å². The fourth-order valence-electron chi connectivity index (χ4n) is 2.32. The van der Waals surface area contributed by atoms with Gasteiger partial charge in [0.25, 0.3) is 0 Å². The van der Waals surface area contributed by atoms with E-state index >= 15 is 0 Å². The van der Waals surface area contributed by atoms with Gasteiger partial charge in [0.1, 0.15) is 5.82 Å². The molecule has 0 aromatic heterocycles. The Balaban J connectivity index is 2.27. The summed E-state index contributed by atoms with van der Waals surface area (Å²) in [5.74, 6) is -0.390. The maximum absolute atomic E-state index is 13.9. The molecule has 0 heterocycles. The van der Waals surface area contributed by atoms with Crippen LogP contribution in [0.25, 0.3) is 6.08 Å². The number of allylic oxidation sites excluding steroid dienone is 1. The first-order valence-electron chi connectivity index (χ1n) is 6.24. The molecule has 1 aliphatic rings. The van der Waals surface area contributed by atoms with Crippen molar-refractivity contribution in [2.24, 2.45) is 0 Å². The average Bonchev–Trinajstić information content (AvgIpc) is 2.60. The van der Waals surface area contributed by atoms with Crippen molar-refractivity contribution >= 4 is 12.4 Å². The third kappa shape index (κ3) is 3.02. The van der Waals surface area contributed by atoms with Gasteiger partial charge < -0.3 is 0 Å². The van der Waals surface area contributed by atoms with Crippen LogP contribution in [-0.4, -0.2) is 6.29 Å². The van der Waals surface area contributed by atoms with Crippen LogP contribution in [0.4, 0.5) is 4.39 Å². The molecule has 1 fully saturated rings. The van der Waals surface area contributed by atoms with E-state index in [1.54, 1.807) is 12.1 Å². The number of aldehydes is 1. The van der Waals surface area contributed by atoms with Gasteiger partial charge in [-0.05, 0) is 31.7 Å². The summed E-state index contributed by atoms with van der Waals surface area (Å²) in [6.07, 6.45) is 9.55. The summed E-state index contributed by atoms with van der Waals surface area (Å²) in [5.41, 5.74) is 2.00. The van der Waals surface area contributed by atoms with Crippen molar-refractivity contribution in [3.8, 4) is 0 Å². The van der Waals surface area contributed by atoms with E-state index in [9.17, 15) is 9.18 Å². The molecule has 1 nitrogen and oxygen atoms in total. The maximum atomic E-state index is 13.9. The van der Waals surface area contributed by atoms with Crippen molar-refractivity contribution in [1.29, 1.82) is 0 Å². The van der Waals surface area contributed by atoms with Crippen LogP contribution in [0.3, 0.4) is 0 Å². The smallest absolute Gasteiger partial charge is 0.153 e. The van der Waals surface area contributed by atoms with Gasteiger partial charge in [-0.25, -0.2) is 4.39 Å². The molecule has 2 heteroatoms. The van der Waals surface area contributed by atoms with Crippen molar-refractivity contribution in [2.75, 3.05) is 0 Å². The van der Waals surface area contributed by atoms with Gasteiger partial charge in [0, 0.05) is 5.56 Å². The first kappa shape index (κ1) is 12.0. The van der Waals surface area contributed by atoms with Crippen LogP contribution in [0.1, 0.15) is 54.4 Å². The maximum Gasteiger partial charge on any atom is 0.153 e. The van der Waals surface area contributed by atoms with Gasteiger partial charge in [-0.15, -0.1) is 0 Å². The second kappa shape index (κ2) is 5.76. The second-order valence-corrected chi connectivity index (χ2v) is 4.59. The van der Waals surface area contributed by atoms with Gasteiger partial charge in [-0.3, -0.25) is 4.79 Å². The van der Waals surface area contributed by atoms with E-state index in [0.717, 1.165) is 12.8 Å². The molecule has 1 saturated carbocycles. The molecule has 0 amide bonds. The predicted molar refractivity (Wildman–Crippen MR) is 67.5 cm³/mol. The monoisotopic (exact) mass is 232 g/mol. The normalized spacial score (nSPS) is 16.4. The minimum atomic E-state index is -0.390. The number of carbonyl (C=O) groups excluding carboxylic acids is 1. The highest BCUT2D eigenvalue weighted by Gasteiger charge is 2.08. The molecule has 0 spiro atoms. The van der Waals surface area contributed by atoms with Crippen molar-refractivity contribution in [2.45, 2.75) is 38.5 Å². The summed E-state index contributed by atoms with van der Waals surface area (Å²) in [5, 5.41) is 0. The largest absolute Gasteiger partial charge is 0.298 e. The minimum Gasteiger partial charge on any atom is -0.298 e. The average molecular weight is 232 g/mol. The Morgan fingerprint density at radius 1 is 1.00 bits per heavy atom. The summed E-state index contributed by atoms with van der Waals surface area (Å²) in [6.45, 7) is 0. The van der Waals surface area contributed by atoms with E-state index in [0.29, 0.717) is 11.8 Å². The first-order valence-corrected chi connectivity index (χ1v) is 6.24. The van der Waals surface area contributed by atoms with Crippen LogP contribution in [0.5, 0.6) is 0 Å². The number of carbonyl (C=O) groups is 1. The van der Waals surface area contributed by atoms with Crippen LogP contribution in [0, 0.1) is 5.82 Å². The van der Waals surface area contributed by atoms with Crippen LogP contribution < -0.4 is 0 Å². The molecule has 0 aliphatic heterocycles. The van der Waals surface area contributed by atoms with Crippen molar-refractivity contribution in [1.82, 2.24) is 0 Å². The highest BCUT2D eigenvalue weighted by molar-refractivity contribution is 5.77. The number of halogens is 1. The molecule has 90 valence electrons. The van der Waals surface area contributed by atoms with Gasteiger partial charge >= 0.3 is 0 Å². The van der Waals surface area contributed by atoms with Crippen LogP contribution >= 0.6 is 0 Å². The molecular formula is C15H17FO. The van der Waals surface area contributed by atoms with E-state index in [1.807, 2.05) is 6.08 Å². The quantitative estimate of drug-likeness (QED) is 0.546. The second-order valence-electron chi connectivity index (χ2n) is 4.59. The lowest BCUT2D eigenvalue weighted by molar-refractivity contribution is 0.112. The topological polar surface area (TPSA) is 17.1 Å². The van der Waals surface area contributed by atoms with Crippen molar-refractivity contribution in [3.63, 3.8) is 0 Å². The van der Waals surface area contributed by atoms with E-state index in [2.05, 4.69) is 0 Å². The number of hydrogen-bond donors (Lipinski definition) is 0. The molecule has 0 bridgehead atoms. The fourth-order valence-corrected chi connectivity index (χ4v) is 2.32. The van der Waals surface area contributed by atoms with Crippen LogP contribution in [-0.2, 0) is 0 Å². The van der Waals surface area contributed by atoms with E-state index in [4.69, 9.17) is 0 Å². The van der Waals surface area contributed by atoms with Crippen LogP contribution in [0.15, 0.2) is 23.8 Å². The zero-order chi connectivity index (χ0) is 12.1. The summed E-state index contributed by atoms with van der Waals surface area (Å²) in [6, 6.07) is 4.98. The lowest BCUT2D eigenvalue weighted by Crippen LogP contribution is -1.92. The molecule has 17 heavy (non-hydrogen) atoms. The van der Waals surface area contributed by atoms with Gasteiger partial charge in [0.2, 0.25) is 0 Å². The van der Waals surface area contributed by atoms with Gasteiger partial charge in [0.05, 0.1) is 5.56 Å². The summed E-state index contributed by atoms with van der Waals surface area (Å²) >= 11 is 0. The minimum absolute atomic E-state index is 0.146. The predicted octanol–water partition coefficient (Wildman–Crippen LogP) is 4.38.